The van der Waals surface area contributed by atoms with Crippen molar-refractivity contribution in [2.24, 2.45) is 0 Å². The molecule has 0 spiro atoms. The van der Waals surface area contributed by atoms with Crippen molar-refractivity contribution < 1.29 is 19.0 Å². The Morgan fingerprint density at radius 3 is 3.10 bits per heavy atom. The maximum Gasteiger partial charge on any atom is 0.513 e. The van der Waals surface area contributed by atoms with Crippen molar-refractivity contribution in [3.8, 4) is 5.75 Å². The molecule has 0 bridgehead atoms. The minimum atomic E-state index is -0.739. The Morgan fingerprint density at radius 2 is 2.19 bits per heavy atom. The number of benzene rings is 1. The largest absolute Gasteiger partial charge is 0.513 e. The highest BCUT2D eigenvalue weighted by molar-refractivity contribution is 5.82. The van der Waals surface area contributed by atoms with Crippen LogP contribution in [0, 0.1) is 0 Å². The molecule has 10 heteroatoms. The number of nitrogens with one attached hydrogen (secondary N) is 1. The molecule has 0 saturated carbocycles. The molecule has 5 rings (SSSR count). The lowest BCUT2D eigenvalue weighted by atomic mass is 10.2. The zero-order chi connectivity index (χ0) is 21.2. The van der Waals surface area contributed by atoms with Crippen LogP contribution in [0.2, 0.25) is 0 Å². The third kappa shape index (κ3) is 3.89. The average molecular weight is 422 g/mol. The van der Waals surface area contributed by atoms with Crippen LogP contribution in [0.15, 0.2) is 42.9 Å². The summed E-state index contributed by atoms with van der Waals surface area (Å²) in [4.78, 5) is 25.3. The molecule has 31 heavy (non-hydrogen) atoms. The van der Waals surface area contributed by atoms with Gasteiger partial charge in [-0.25, -0.2) is 9.78 Å². The van der Waals surface area contributed by atoms with E-state index in [-0.39, 0.29) is 6.04 Å². The number of anilines is 1. The predicted octanol–water partition coefficient (Wildman–Crippen LogP) is 2.94. The Bertz CT molecular complexity index is 1220. The van der Waals surface area contributed by atoms with Crippen molar-refractivity contribution in [3.05, 3.63) is 48.5 Å². The molecular weight excluding hydrogens is 400 g/mol. The number of carbonyl (C=O) groups excluding carboxylic acids is 1. The van der Waals surface area contributed by atoms with Gasteiger partial charge in [-0.1, -0.05) is 0 Å². The highest BCUT2D eigenvalue weighted by atomic mass is 16.7. The van der Waals surface area contributed by atoms with Crippen molar-refractivity contribution in [2.75, 3.05) is 25.2 Å². The molecule has 160 valence electrons. The maximum atomic E-state index is 11.3. The highest BCUT2D eigenvalue weighted by Gasteiger charge is 2.27. The highest BCUT2D eigenvalue weighted by Crippen LogP contribution is 2.26. The van der Waals surface area contributed by atoms with Gasteiger partial charge in [-0.2, -0.15) is 14.6 Å². The van der Waals surface area contributed by atoms with E-state index in [2.05, 4.69) is 29.7 Å². The summed E-state index contributed by atoms with van der Waals surface area (Å²) >= 11 is 0. The van der Waals surface area contributed by atoms with Crippen LogP contribution < -0.4 is 9.64 Å². The topological polar surface area (TPSA) is 107 Å². The Labute approximate surface area is 177 Å². The molecule has 1 saturated heterocycles. The van der Waals surface area contributed by atoms with Gasteiger partial charge in [-0.05, 0) is 43.2 Å². The number of carbonyl (C=O) groups is 1. The van der Waals surface area contributed by atoms with Gasteiger partial charge in [-0.3, -0.25) is 0 Å². The smallest absolute Gasteiger partial charge is 0.437 e. The second-order valence-electron chi connectivity index (χ2n) is 7.38. The molecule has 1 atom stereocenters. The van der Waals surface area contributed by atoms with Crippen molar-refractivity contribution in [1.29, 1.82) is 0 Å². The molecule has 1 fully saturated rings. The summed E-state index contributed by atoms with van der Waals surface area (Å²) in [5, 5.41) is 5.23. The Morgan fingerprint density at radius 1 is 1.26 bits per heavy atom. The van der Waals surface area contributed by atoms with Crippen molar-refractivity contribution in [3.63, 3.8) is 0 Å². The quantitative estimate of drug-likeness (QED) is 0.373. The average Bonchev–Trinajstić information content (AvgIpc) is 3.52. The van der Waals surface area contributed by atoms with Gasteiger partial charge < -0.3 is 24.1 Å². The SMILES string of the molecule is COC(=O)Oc1ccc2[nH]c(COC[C@H]3CCCN3c3ccnc4ncnn34)cc2c1. The van der Waals surface area contributed by atoms with Crippen LogP contribution in [-0.4, -0.2) is 57.0 Å². The molecule has 4 aromatic rings. The van der Waals surface area contributed by atoms with Crippen LogP contribution in [0.5, 0.6) is 5.75 Å². The molecule has 10 nitrogen and oxygen atoms in total. The summed E-state index contributed by atoms with van der Waals surface area (Å²) < 4.78 is 17.4. The van der Waals surface area contributed by atoms with Gasteiger partial charge in [-0.15, -0.1) is 0 Å². The fourth-order valence-corrected chi connectivity index (χ4v) is 4.01. The summed E-state index contributed by atoms with van der Waals surface area (Å²) in [6.07, 6.45) is 4.70. The van der Waals surface area contributed by atoms with Gasteiger partial charge in [0.15, 0.2) is 0 Å². The molecular formula is C21H22N6O4. The van der Waals surface area contributed by atoms with Crippen LogP contribution in [0.25, 0.3) is 16.7 Å². The number of aromatic nitrogens is 5. The van der Waals surface area contributed by atoms with E-state index in [0.717, 1.165) is 41.8 Å². The fraction of sp³-hybridized carbons (Fsp3) is 0.333. The van der Waals surface area contributed by atoms with Crippen LogP contribution in [-0.2, 0) is 16.1 Å². The van der Waals surface area contributed by atoms with Gasteiger partial charge in [0.1, 0.15) is 17.9 Å². The van der Waals surface area contributed by atoms with Crippen LogP contribution in [0.3, 0.4) is 0 Å². The van der Waals surface area contributed by atoms with E-state index in [9.17, 15) is 4.79 Å². The number of ether oxygens (including phenoxy) is 3. The lowest BCUT2D eigenvalue weighted by Crippen LogP contribution is -2.34. The molecule has 3 aromatic heterocycles. The minimum absolute atomic E-state index is 0.263. The van der Waals surface area contributed by atoms with Crippen molar-refractivity contribution in [2.45, 2.75) is 25.5 Å². The van der Waals surface area contributed by atoms with Gasteiger partial charge in [0.05, 0.1) is 26.4 Å². The zero-order valence-corrected chi connectivity index (χ0v) is 17.0. The van der Waals surface area contributed by atoms with Gasteiger partial charge >= 0.3 is 6.16 Å². The summed E-state index contributed by atoms with van der Waals surface area (Å²) in [6, 6.07) is 9.59. The summed E-state index contributed by atoms with van der Waals surface area (Å²) in [6.45, 7) is 2.01. The zero-order valence-electron chi connectivity index (χ0n) is 17.0. The lowest BCUT2D eigenvalue weighted by Gasteiger charge is -2.26. The number of rotatable bonds is 6. The number of hydrogen-bond acceptors (Lipinski definition) is 8. The lowest BCUT2D eigenvalue weighted by molar-refractivity contribution is 0.106. The molecule has 0 radical (unpaired) electrons. The van der Waals surface area contributed by atoms with E-state index in [1.807, 2.05) is 18.2 Å². The third-order valence-corrected chi connectivity index (χ3v) is 5.42. The van der Waals surface area contributed by atoms with Crippen LogP contribution in [0.1, 0.15) is 18.5 Å². The second-order valence-corrected chi connectivity index (χ2v) is 7.38. The molecule has 0 unspecified atom stereocenters. The number of nitrogens with zero attached hydrogens (tertiary/aromatic N) is 5. The third-order valence-electron chi connectivity index (χ3n) is 5.42. The summed E-state index contributed by atoms with van der Waals surface area (Å²) in [7, 11) is 1.28. The monoisotopic (exact) mass is 422 g/mol. The van der Waals surface area contributed by atoms with Gasteiger partial charge in [0.25, 0.3) is 5.78 Å². The first-order chi connectivity index (χ1) is 15.2. The van der Waals surface area contributed by atoms with E-state index in [4.69, 9.17) is 9.47 Å². The molecule has 1 N–H and O–H groups in total. The van der Waals surface area contributed by atoms with E-state index < -0.39 is 6.16 Å². The minimum Gasteiger partial charge on any atom is -0.437 e. The molecule has 4 heterocycles. The normalized spacial score (nSPS) is 16.3. The number of hydrogen-bond donors (Lipinski definition) is 1. The standard InChI is InChI=1S/C21H22N6O4/c1-29-21(28)31-17-4-5-18-14(10-17)9-15(25-18)11-30-12-16-3-2-8-26(16)19-6-7-22-20-23-13-24-27(19)20/h4-7,9-10,13,16,25H,2-3,8,11-12H2,1H3/t16-/m1/s1. The van der Waals surface area contributed by atoms with Crippen LogP contribution >= 0.6 is 0 Å². The number of fused-ring (bicyclic) bond motifs is 2. The summed E-state index contributed by atoms with van der Waals surface area (Å²) in [5.41, 5.74) is 1.90. The maximum absolute atomic E-state index is 11.3. The van der Waals surface area contributed by atoms with Crippen molar-refractivity contribution in [1.82, 2.24) is 24.6 Å². The Hall–Kier alpha value is -3.66. The number of H-pyrrole nitrogens is 1. The first kappa shape index (κ1) is 19.3. The molecule has 0 amide bonds. The van der Waals surface area contributed by atoms with E-state index in [1.165, 1.54) is 13.4 Å². The fourth-order valence-electron chi connectivity index (χ4n) is 4.01. The van der Waals surface area contributed by atoms with Crippen molar-refractivity contribution >= 4 is 28.7 Å². The first-order valence-electron chi connectivity index (χ1n) is 10.1. The molecule has 1 aliphatic rings. The van der Waals surface area contributed by atoms with Crippen LogP contribution in [0.4, 0.5) is 10.6 Å². The molecule has 0 aliphatic carbocycles. The van der Waals surface area contributed by atoms with E-state index in [1.54, 1.807) is 22.8 Å². The van der Waals surface area contributed by atoms with Gasteiger partial charge in [0, 0.05) is 29.3 Å². The number of methoxy groups -OCH3 is 1. The molecule has 1 aliphatic heterocycles. The van der Waals surface area contributed by atoms with E-state index in [0.29, 0.717) is 24.7 Å². The summed E-state index contributed by atoms with van der Waals surface area (Å²) in [5.74, 6) is 2.01. The predicted molar refractivity (Wildman–Crippen MR) is 112 cm³/mol. The second kappa shape index (κ2) is 8.23. The molecule has 1 aromatic carbocycles. The van der Waals surface area contributed by atoms with E-state index >= 15 is 0 Å². The Balaban J connectivity index is 1.23. The first-order valence-corrected chi connectivity index (χ1v) is 10.1. The number of aromatic amines is 1. The van der Waals surface area contributed by atoms with Gasteiger partial charge in [0.2, 0.25) is 0 Å². The Kier molecular flexibility index (Phi) is 5.13.